The van der Waals surface area contributed by atoms with E-state index in [1.165, 1.54) is 0 Å². The summed E-state index contributed by atoms with van der Waals surface area (Å²) in [5.41, 5.74) is 0.895. The van der Waals surface area contributed by atoms with E-state index in [0.29, 0.717) is 6.54 Å². The van der Waals surface area contributed by atoms with Gasteiger partial charge in [0, 0.05) is 32.4 Å². The van der Waals surface area contributed by atoms with E-state index in [-0.39, 0.29) is 11.9 Å². The summed E-state index contributed by atoms with van der Waals surface area (Å²) >= 11 is 0. The molecule has 0 radical (unpaired) electrons. The number of carbonyl (C=O) groups is 1. The summed E-state index contributed by atoms with van der Waals surface area (Å²) in [5, 5.41) is 6.25. The lowest BCUT2D eigenvalue weighted by Crippen LogP contribution is -2.47. The van der Waals surface area contributed by atoms with Gasteiger partial charge in [0.15, 0.2) is 0 Å². The Morgan fingerprint density at radius 3 is 2.94 bits per heavy atom. The number of nitrogens with zero attached hydrogens (tertiary/aromatic N) is 2. The maximum absolute atomic E-state index is 11.9. The van der Waals surface area contributed by atoms with Crippen molar-refractivity contribution in [2.75, 3.05) is 32.7 Å². The van der Waals surface area contributed by atoms with E-state index < -0.39 is 0 Å². The first-order valence-corrected chi connectivity index (χ1v) is 6.39. The highest BCUT2D eigenvalue weighted by atomic mass is 16.2. The Morgan fingerprint density at radius 1 is 1.50 bits per heavy atom. The number of hydrogen-bond donors (Lipinski definition) is 2. The van der Waals surface area contributed by atoms with Crippen LogP contribution in [0.15, 0.2) is 24.4 Å². The van der Waals surface area contributed by atoms with Crippen LogP contribution in [0.5, 0.6) is 0 Å². The lowest BCUT2D eigenvalue weighted by molar-refractivity contribution is -0.123. The summed E-state index contributed by atoms with van der Waals surface area (Å²) in [7, 11) is 0. The first-order chi connectivity index (χ1) is 8.75. The first kappa shape index (κ1) is 13.0. The first-order valence-electron chi connectivity index (χ1n) is 6.39. The third-order valence-corrected chi connectivity index (χ3v) is 3.09. The standard InChI is InChI=1S/C13H20N4O/c1-11(12-4-2-3-5-15-12)16-13(18)10-17-8-6-14-7-9-17/h2-5,11,14H,6-10H2,1H3,(H,16,18). The molecule has 0 aliphatic carbocycles. The second kappa shape index (κ2) is 6.47. The fourth-order valence-electron chi connectivity index (χ4n) is 2.07. The van der Waals surface area contributed by atoms with Gasteiger partial charge in [-0.3, -0.25) is 14.7 Å². The Morgan fingerprint density at radius 2 is 2.28 bits per heavy atom. The lowest BCUT2D eigenvalue weighted by atomic mass is 10.2. The van der Waals surface area contributed by atoms with E-state index in [2.05, 4.69) is 20.5 Å². The van der Waals surface area contributed by atoms with E-state index in [1.807, 2.05) is 25.1 Å². The minimum atomic E-state index is -0.0402. The Balaban J connectivity index is 1.80. The maximum atomic E-state index is 11.9. The van der Waals surface area contributed by atoms with Crippen molar-refractivity contribution in [1.29, 1.82) is 0 Å². The normalized spacial score (nSPS) is 18.3. The SMILES string of the molecule is CC(NC(=O)CN1CCNCC1)c1ccccn1. The predicted molar refractivity (Wildman–Crippen MR) is 70.1 cm³/mol. The molecule has 1 atom stereocenters. The van der Waals surface area contributed by atoms with Crippen molar-refractivity contribution in [3.05, 3.63) is 30.1 Å². The van der Waals surface area contributed by atoms with E-state index in [9.17, 15) is 4.79 Å². The van der Waals surface area contributed by atoms with Crippen molar-refractivity contribution in [1.82, 2.24) is 20.5 Å². The van der Waals surface area contributed by atoms with Crippen LogP contribution in [0, 0.1) is 0 Å². The number of amides is 1. The maximum Gasteiger partial charge on any atom is 0.234 e. The molecule has 5 heteroatoms. The van der Waals surface area contributed by atoms with E-state index in [0.717, 1.165) is 31.9 Å². The molecule has 1 aromatic rings. The largest absolute Gasteiger partial charge is 0.347 e. The number of rotatable bonds is 4. The van der Waals surface area contributed by atoms with Crippen molar-refractivity contribution in [2.45, 2.75) is 13.0 Å². The molecule has 0 spiro atoms. The molecule has 1 unspecified atom stereocenters. The highest BCUT2D eigenvalue weighted by molar-refractivity contribution is 5.78. The number of hydrogen-bond acceptors (Lipinski definition) is 4. The third-order valence-electron chi connectivity index (χ3n) is 3.09. The van der Waals surface area contributed by atoms with Crippen LogP contribution in [0.2, 0.25) is 0 Å². The van der Waals surface area contributed by atoms with Gasteiger partial charge in [0.2, 0.25) is 5.91 Å². The molecule has 1 saturated heterocycles. The Hall–Kier alpha value is -1.46. The van der Waals surface area contributed by atoms with Gasteiger partial charge in [-0.1, -0.05) is 6.07 Å². The van der Waals surface area contributed by atoms with Gasteiger partial charge >= 0.3 is 0 Å². The van der Waals surface area contributed by atoms with Gasteiger partial charge in [0.1, 0.15) is 0 Å². The molecule has 18 heavy (non-hydrogen) atoms. The number of aromatic nitrogens is 1. The average molecular weight is 248 g/mol. The zero-order chi connectivity index (χ0) is 12.8. The fourth-order valence-corrected chi connectivity index (χ4v) is 2.07. The molecule has 2 rings (SSSR count). The second-order valence-electron chi connectivity index (χ2n) is 4.57. The molecular formula is C13H20N4O. The van der Waals surface area contributed by atoms with Crippen LogP contribution in [-0.2, 0) is 4.79 Å². The highest BCUT2D eigenvalue weighted by Crippen LogP contribution is 2.07. The number of carbonyl (C=O) groups excluding carboxylic acids is 1. The van der Waals surface area contributed by atoms with Gasteiger partial charge in [-0.25, -0.2) is 0 Å². The predicted octanol–water partition coefficient (Wildman–Crippen LogP) is 0.164. The second-order valence-corrected chi connectivity index (χ2v) is 4.57. The third kappa shape index (κ3) is 3.78. The van der Waals surface area contributed by atoms with E-state index in [4.69, 9.17) is 0 Å². The van der Waals surface area contributed by atoms with Crippen LogP contribution in [0.4, 0.5) is 0 Å². The van der Waals surface area contributed by atoms with Crippen LogP contribution in [0.1, 0.15) is 18.7 Å². The quantitative estimate of drug-likeness (QED) is 0.797. The highest BCUT2D eigenvalue weighted by Gasteiger charge is 2.15. The summed E-state index contributed by atoms with van der Waals surface area (Å²) in [6, 6.07) is 5.69. The van der Waals surface area contributed by atoms with Crippen LogP contribution in [-0.4, -0.2) is 48.5 Å². The summed E-state index contributed by atoms with van der Waals surface area (Å²) < 4.78 is 0. The molecule has 1 aliphatic heterocycles. The zero-order valence-electron chi connectivity index (χ0n) is 10.7. The van der Waals surface area contributed by atoms with Crippen molar-refractivity contribution in [3.8, 4) is 0 Å². The minimum absolute atomic E-state index is 0.0402. The molecule has 1 amide bonds. The van der Waals surface area contributed by atoms with Crippen LogP contribution >= 0.6 is 0 Å². The summed E-state index contributed by atoms with van der Waals surface area (Å²) in [5.74, 6) is 0.0649. The van der Waals surface area contributed by atoms with Crippen molar-refractivity contribution >= 4 is 5.91 Å². The molecule has 0 saturated carbocycles. The molecule has 5 nitrogen and oxygen atoms in total. The van der Waals surface area contributed by atoms with Crippen LogP contribution in [0.3, 0.4) is 0 Å². The van der Waals surface area contributed by atoms with E-state index in [1.54, 1.807) is 6.20 Å². The topological polar surface area (TPSA) is 57.3 Å². The van der Waals surface area contributed by atoms with Gasteiger partial charge in [-0.15, -0.1) is 0 Å². The molecule has 0 bridgehead atoms. The average Bonchev–Trinajstić information content (AvgIpc) is 2.40. The Bertz CT molecular complexity index is 376. The van der Waals surface area contributed by atoms with Gasteiger partial charge in [0.05, 0.1) is 18.3 Å². The summed E-state index contributed by atoms with van der Waals surface area (Å²) in [6.45, 7) is 6.22. The molecule has 1 aromatic heterocycles. The molecule has 1 aliphatic rings. The Kier molecular flexibility index (Phi) is 4.66. The molecular weight excluding hydrogens is 228 g/mol. The van der Waals surface area contributed by atoms with E-state index >= 15 is 0 Å². The smallest absolute Gasteiger partial charge is 0.234 e. The lowest BCUT2D eigenvalue weighted by Gasteiger charge is -2.27. The number of pyridine rings is 1. The molecule has 1 fully saturated rings. The summed E-state index contributed by atoms with van der Waals surface area (Å²) in [6.07, 6.45) is 1.74. The van der Waals surface area contributed by atoms with Gasteiger partial charge < -0.3 is 10.6 Å². The monoisotopic (exact) mass is 248 g/mol. The molecule has 2 N–H and O–H groups in total. The van der Waals surface area contributed by atoms with Gasteiger partial charge in [0.25, 0.3) is 0 Å². The summed E-state index contributed by atoms with van der Waals surface area (Å²) in [4.78, 5) is 18.3. The van der Waals surface area contributed by atoms with Gasteiger partial charge in [-0.2, -0.15) is 0 Å². The fraction of sp³-hybridized carbons (Fsp3) is 0.538. The van der Waals surface area contributed by atoms with Crippen molar-refractivity contribution in [2.24, 2.45) is 0 Å². The Labute approximate surface area is 108 Å². The van der Waals surface area contributed by atoms with Crippen LogP contribution < -0.4 is 10.6 Å². The van der Waals surface area contributed by atoms with Gasteiger partial charge in [-0.05, 0) is 19.1 Å². The van der Waals surface area contributed by atoms with Crippen LogP contribution in [0.25, 0.3) is 0 Å². The number of nitrogens with one attached hydrogen (secondary N) is 2. The van der Waals surface area contributed by atoms with Crippen molar-refractivity contribution < 1.29 is 4.79 Å². The molecule has 2 heterocycles. The molecule has 0 aromatic carbocycles. The molecule has 98 valence electrons. The van der Waals surface area contributed by atoms with Crippen molar-refractivity contribution in [3.63, 3.8) is 0 Å². The zero-order valence-corrected chi connectivity index (χ0v) is 10.7. The minimum Gasteiger partial charge on any atom is -0.347 e. The number of piperazine rings is 1.